The maximum absolute atomic E-state index is 5.63. The number of rotatable bonds is 3. The van der Waals surface area contributed by atoms with Crippen LogP contribution in [-0.2, 0) is 0 Å². The van der Waals surface area contributed by atoms with Crippen molar-refractivity contribution >= 4 is 16.9 Å². The molecule has 0 amide bonds. The van der Waals surface area contributed by atoms with E-state index in [0.717, 1.165) is 48.8 Å². The molecule has 0 saturated carbocycles. The molecule has 1 aliphatic rings. The van der Waals surface area contributed by atoms with Crippen molar-refractivity contribution in [2.75, 3.05) is 24.5 Å². The van der Waals surface area contributed by atoms with Crippen molar-refractivity contribution in [3.63, 3.8) is 0 Å². The number of anilines is 1. The summed E-state index contributed by atoms with van der Waals surface area (Å²) in [6.45, 7) is 2.89. The van der Waals surface area contributed by atoms with Gasteiger partial charge in [0.1, 0.15) is 0 Å². The lowest BCUT2D eigenvalue weighted by Gasteiger charge is -2.31. The van der Waals surface area contributed by atoms with Crippen molar-refractivity contribution in [3.8, 4) is 0 Å². The lowest BCUT2D eigenvalue weighted by atomic mass is 9.94. The van der Waals surface area contributed by atoms with Crippen LogP contribution in [0.2, 0.25) is 0 Å². The van der Waals surface area contributed by atoms with E-state index < -0.39 is 0 Å². The van der Waals surface area contributed by atoms with Gasteiger partial charge in [-0.05, 0) is 37.8 Å². The van der Waals surface area contributed by atoms with Crippen molar-refractivity contribution in [1.29, 1.82) is 0 Å². The fraction of sp³-hybridized carbons (Fsp3) is 0.467. The Morgan fingerprint density at radius 2 is 2.00 bits per heavy atom. The Hall–Kier alpha value is -1.68. The maximum atomic E-state index is 5.63. The standard InChI is InChI=1S/C15H20N4/c16-8-5-12-6-9-19(10-7-12)15-17-11-13-3-1-2-4-14(13)18-15/h1-4,11-12H,5-10,16H2. The zero-order valence-corrected chi connectivity index (χ0v) is 11.1. The molecule has 1 aliphatic heterocycles. The third-order valence-corrected chi connectivity index (χ3v) is 3.95. The highest BCUT2D eigenvalue weighted by molar-refractivity contribution is 5.78. The highest BCUT2D eigenvalue weighted by Gasteiger charge is 2.20. The molecule has 4 heteroatoms. The molecule has 0 unspecified atom stereocenters. The number of nitrogens with zero attached hydrogens (tertiary/aromatic N) is 3. The van der Waals surface area contributed by atoms with E-state index in [1.165, 1.54) is 12.8 Å². The summed E-state index contributed by atoms with van der Waals surface area (Å²) in [7, 11) is 0. The summed E-state index contributed by atoms with van der Waals surface area (Å²) in [4.78, 5) is 11.4. The van der Waals surface area contributed by atoms with Gasteiger partial charge in [-0.1, -0.05) is 18.2 Å². The molecule has 1 aromatic carbocycles. The van der Waals surface area contributed by atoms with E-state index in [2.05, 4.69) is 14.9 Å². The number of fused-ring (bicyclic) bond motifs is 1. The summed E-state index contributed by atoms with van der Waals surface area (Å²) in [5, 5.41) is 1.10. The van der Waals surface area contributed by atoms with Crippen LogP contribution in [0, 0.1) is 5.92 Å². The van der Waals surface area contributed by atoms with Gasteiger partial charge in [0.15, 0.2) is 0 Å². The van der Waals surface area contributed by atoms with Gasteiger partial charge in [-0.2, -0.15) is 0 Å². The molecule has 2 aromatic rings. The summed E-state index contributed by atoms with van der Waals surface area (Å²) >= 11 is 0. The third kappa shape index (κ3) is 2.68. The van der Waals surface area contributed by atoms with E-state index >= 15 is 0 Å². The van der Waals surface area contributed by atoms with E-state index in [0.29, 0.717) is 0 Å². The van der Waals surface area contributed by atoms with Crippen molar-refractivity contribution < 1.29 is 0 Å². The molecule has 1 fully saturated rings. The summed E-state index contributed by atoms with van der Waals surface area (Å²) in [5.41, 5.74) is 6.65. The van der Waals surface area contributed by atoms with Gasteiger partial charge in [-0.15, -0.1) is 0 Å². The highest BCUT2D eigenvalue weighted by atomic mass is 15.2. The van der Waals surface area contributed by atoms with Crippen LogP contribution < -0.4 is 10.6 Å². The lowest BCUT2D eigenvalue weighted by Crippen LogP contribution is -2.35. The zero-order chi connectivity index (χ0) is 13.1. The molecule has 4 nitrogen and oxygen atoms in total. The van der Waals surface area contributed by atoms with Gasteiger partial charge in [0.2, 0.25) is 5.95 Å². The molecule has 0 radical (unpaired) electrons. The summed E-state index contributed by atoms with van der Waals surface area (Å²) in [5.74, 6) is 1.65. The van der Waals surface area contributed by atoms with Gasteiger partial charge in [-0.3, -0.25) is 0 Å². The minimum absolute atomic E-state index is 0.779. The first kappa shape index (κ1) is 12.4. The summed E-state index contributed by atoms with van der Waals surface area (Å²) in [6, 6.07) is 8.13. The molecule has 0 atom stereocenters. The van der Waals surface area contributed by atoms with Crippen molar-refractivity contribution in [2.24, 2.45) is 11.7 Å². The molecule has 0 aliphatic carbocycles. The van der Waals surface area contributed by atoms with E-state index in [4.69, 9.17) is 5.73 Å². The van der Waals surface area contributed by atoms with Gasteiger partial charge in [-0.25, -0.2) is 9.97 Å². The van der Waals surface area contributed by atoms with Crippen LogP contribution in [0.5, 0.6) is 0 Å². The third-order valence-electron chi connectivity index (χ3n) is 3.95. The van der Waals surface area contributed by atoms with Gasteiger partial charge in [0, 0.05) is 24.7 Å². The van der Waals surface area contributed by atoms with Gasteiger partial charge in [0.05, 0.1) is 5.52 Å². The predicted octanol–water partition coefficient (Wildman–Crippen LogP) is 2.20. The first-order valence-corrected chi connectivity index (χ1v) is 7.03. The Kier molecular flexibility index (Phi) is 3.60. The van der Waals surface area contributed by atoms with Crippen molar-refractivity contribution in [2.45, 2.75) is 19.3 Å². The topological polar surface area (TPSA) is 55.0 Å². The number of nitrogens with two attached hydrogens (primary N) is 1. The van der Waals surface area contributed by atoms with Gasteiger partial charge in [0.25, 0.3) is 0 Å². The number of aromatic nitrogens is 2. The minimum Gasteiger partial charge on any atom is -0.341 e. The lowest BCUT2D eigenvalue weighted by molar-refractivity contribution is 0.384. The summed E-state index contributed by atoms with van der Waals surface area (Å²) in [6.07, 6.45) is 5.47. The van der Waals surface area contributed by atoms with E-state index in [1.807, 2.05) is 30.5 Å². The Labute approximate surface area is 113 Å². The van der Waals surface area contributed by atoms with E-state index in [-0.39, 0.29) is 0 Å². The fourth-order valence-electron chi connectivity index (χ4n) is 2.77. The Balaban J connectivity index is 1.74. The second-order valence-corrected chi connectivity index (χ2v) is 5.24. The Bertz CT molecular complexity index is 547. The van der Waals surface area contributed by atoms with Gasteiger partial charge < -0.3 is 10.6 Å². The maximum Gasteiger partial charge on any atom is 0.225 e. The molecule has 1 aromatic heterocycles. The number of hydrogen-bond acceptors (Lipinski definition) is 4. The van der Waals surface area contributed by atoms with Crippen LogP contribution in [0.1, 0.15) is 19.3 Å². The monoisotopic (exact) mass is 256 g/mol. The highest BCUT2D eigenvalue weighted by Crippen LogP contribution is 2.23. The quantitative estimate of drug-likeness (QED) is 0.914. The van der Waals surface area contributed by atoms with Crippen LogP contribution in [0.4, 0.5) is 5.95 Å². The molecular weight excluding hydrogens is 236 g/mol. The van der Waals surface area contributed by atoms with Gasteiger partial charge >= 0.3 is 0 Å². The first-order chi connectivity index (χ1) is 9.36. The molecule has 0 spiro atoms. The minimum atomic E-state index is 0.779. The average Bonchev–Trinajstić information content (AvgIpc) is 2.48. The largest absolute Gasteiger partial charge is 0.341 e. The van der Waals surface area contributed by atoms with Crippen LogP contribution in [-0.4, -0.2) is 29.6 Å². The second-order valence-electron chi connectivity index (χ2n) is 5.24. The number of piperidine rings is 1. The van der Waals surface area contributed by atoms with Crippen LogP contribution in [0.3, 0.4) is 0 Å². The van der Waals surface area contributed by atoms with E-state index in [9.17, 15) is 0 Å². The fourth-order valence-corrected chi connectivity index (χ4v) is 2.77. The normalized spacial score (nSPS) is 17.0. The number of benzene rings is 1. The molecule has 100 valence electrons. The SMILES string of the molecule is NCCC1CCN(c2ncc3ccccc3n2)CC1. The van der Waals surface area contributed by atoms with E-state index in [1.54, 1.807) is 0 Å². The Morgan fingerprint density at radius 1 is 1.21 bits per heavy atom. The first-order valence-electron chi connectivity index (χ1n) is 7.03. The predicted molar refractivity (Wildman–Crippen MR) is 78.1 cm³/mol. The number of para-hydroxylation sites is 1. The smallest absolute Gasteiger partial charge is 0.225 e. The van der Waals surface area contributed by atoms with Crippen LogP contribution >= 0.6 is 0 Å². The zero-order valence-electron chi connectivity index (χ0n) is 11.1. The molecule has 19 heavy (non-hydrogen) atoms. The van der Waals surface area contributed by atoms with Crippen LogP contribution in [0.25, 0.3) is 10.9 Å². The molecule has 2 N–H and O–H groups in total. The van der Waals surface area contributed by atoms with Crippen LogP contribution in [0.15, 0.2) is 30.5 Å². The molecular formula is C15H20N4. The van der Waals surface area contributed by atoms with Crippen molar-refractivity contribution in [3.05, 3.63) is 30.5 Å². The molecule has 2 heterocycles. The average molecular weight is 256 g/mol. The number of hydrogen-bond donors (Lipinski definition) is 1. The second kappa shape index (κ2) is 5.53. The van der Waals surface area contributed by atoms with Crippen molar-refractivity contribution in [1.82, 2.24) is 9.97 Å². The Morgan fingerprint density at radius 3 is 2.79 bits per heavy atom. The summed E-state index contributed by atoms with van der Waals surface area (Å²) < 4.78 is 0. The molecule has 0 bridgehead atoms. The molecule has 1 saturated heterocycles. The molecule has 3 rings (SSSR count).